The summed E-state index contributed by atoms with van der Waals surface area (Å²) in [4.78, 5) is 63.4. The van der Waals surface area contributed by atoms with Gasteiger partial charge in [0.05, 0.1) is 18.7 Å². The van der Waals surface area contributed by atoms with Crippen molar-refractivity contribution in [3.05, 3.63) is 16.0 Å². The minimum Gasteiger partial charge on any atom is -0.462 e. The number of likely N-dealkylation sites (tertiary alicyclic amines) is 1. The SMILES string of the molecule is CCOC(=O)c1c(NC(=O)CN2C(=O)CCC2=O)sc2c1CCN(C(C)=O)C2. The highest BCUT2D eigenvalue weighted by Gasteiger charge is 2.33. The van der Waals surface area contributed by atoms with Crippen molar-refractivity contribution in [2.45, 2.75) is 39.7 Å². The van der Waals surface area contributed by atoms with Crippen molar-refractivity contribution in [3.63, 3.8) is 0 Å². The number of thiophene rings is 1. The highest BCUT2D eigenvalue weighted by molar-refractivity contribution is 7.17. The van der Waals surface area contributed by atoms with Crippen LogP contribution in [0.1, 0.15) is 47.5 Å². The molecule has 10 heteroatoms. The average Bonchev–Trinajstić information content (AvgIpc) is 3.15. The molecule has 0 bridgehead atoms. The molecule has 1 aromatic rings. The molecular formula is C18H21N3O6S. The third kappa shape index (κ3) is 3.91. The summed E-state index contributed by atoms with van der Waals surface area (Å²) in [5.74, 6) is -1.92. The number of imide groups is 1. The maximum Gasteiger partial charge on any atom is 0.341 e. The normalized spacial score (nSPS) is 16.2. The number of nitrogens with zero attached hydrogens (tertiary/aromatic N) is 2. The van der Waals surface area contributed by atoms with Gasteiger partial charge in [-0.3, -0.25) is 24.1 Å². The van der Waals surface area contributed by atoms with E-state index in [1.54, 1.807) is 11.8 Å². The van der Waals surface area contributed by atoms with Gasteiger partial charge in [0, 0.05) is 31.2 Å². The first-order valence-corrected chi connectivity index (χ1v) is 9.83. The van der Waals surface area contributed by atoms with Gasteiger partial charge in [0.2, 0.25) is 23.6 Å². The summed E-state index contributed by atoms with van der Waals surface area (Å²) in [5, 5.41) is 2.97. The molecule has 2 aliphatic rings. The maximum absolute atomic E-state index is 12.5. The smallest absolute Gasteiger partial charge is 0.341 e. The highest BCUT2D eigenvalue weighted by atomic mass is 32.1. The second-order valence-electron chi connectivity index (χ2n) is 6.54. The van der Waals surface area contributed by atoms with Crippen LogP contribution in [0.3, 0.4) is 0 Å². The minimum absolute atomic E-state index is 0.0617. The van der Waals surface area contributed by atoms with Crippen LogP contribution in [0.2, 0.25) is 0 Å². The first-order valence-electron chi connectivity index (χ1n) is 9.02. The molecule has 2 aliphatic heterocycles. The number of carbonyl (C=O) groups excluding carboxylic acids is 5. The van der Waals surface area contributed by atoms with E-state index in [4.69, 9.17) is 4.74 Å². The lowest BCUT2D eigenvalue weighted by atomic mass is 10.0. The molecule has 0 atom stereocenters. The van der Waals surface area contributed by atoms with Crippen molar-refractivity contribution >= 4 is 45.9 Å². The van der Waals surface area contributed by atoms with Crippen molar-refractivity contribution in [1.29, 1.82) is 0 Å². The standard InChI is InChI=1S/C18H21N3O6S/c1-3-27-18(26)16-11-6-7-20(10(2)22)8-12(11)28-17(16)19-13(23)9-21-14(24)4-5-15(21)25/h3-9H2,1-2H3,(H,19,23). The van der Waals surface area contributed by atoms with Crippen LogP contribution in [0.25, 0.3) is 0 Å². The van der Waals surface area contributed by atoms with Crippen LogP contribution in [0.5, 0.6) is 0 Å². The van der Waals surface area contributed by atoms with E-state index in [0.29, 0.717) is 24.5 Å². The number of carbonyl (C=O) groups is 5. The van der Waals surface area contributed by atoms with E-state index in [1.807, 2.05) is 0 Å². The fraction of sp³-hybridized carbons (Fsp3) is 0.500. The Bertz CT molecular complexity index is 846. The van der Waals surface area contributed by atoms with Gasteiger partial charge in [-0.2, -0.15) is 0 Å². The molecule has 3 rings (SSSR count). The maximum atomic E-state index is 12.5. The van der Waals surface area contributed by atoms with E-state index < -0.39 is 11.9 Å². The second kappa shape index (κ2) is 8.09. The first-order chi connectivity index (χ1) is 13.3. The predicted molar refractivity (Wildman–Crippen MR) is 99.7 cm³/mol. The molecule has 0 aromatic carbocycles. The molecule has 0 unspecified atom stereocenters. The molecule has 3 heterocycles. The van der Waals surface area contributed by atoms with Crippen LogP contribution in [0.4, 0.5) is 5.00 Å². The molecule has 1 fully saturated rings. The van der Waals surface area contributed by atoms with Crippen molar-refractivity contribution in [2.24, 2.45) is 0 Å². The Hall–Kier alpha value is -2.75. The van der Waals surface area contributed by atoms with Gasteiger partial charge in [0.1, 0.15) is 11.5 Å². The van der Waals surface area contributed by atoms with E-state index in [1.165, 1.54) is 18.3 Å². The Morgan fingerprint density at radius 2 is 1.82 bits per heavy atom. The number of hydrogen-bond acceptors (Lipinski definition) is 7. The lowest BCUT2D eigenvalue weighted by Gasteiger charge is -2.25. The molecule has 0 saturated carbocycles. The van der Waals surface area contributed by atoms with Gasteiger partial charge in [-0.25, -0.2) is 4.79 Å². The quantitative estimate of drug-likeness (QED) is 0.574. The molecule has 0 radical (unpaired) electrons. The molecule has 150 valence electrons. The third-order valence-electron chi connectivity index (χ3n) is 4.69. The number of nitrogens with one attached hydrogen (secondary N) is 1. The zero-order valence-corrected chi connectivity index (χ0v) is 16.5. The van der Waals surface area contributed by atoms with E-state index in [9.17, 15) is 24.0 Å². The zero-order chi connectivity index (χ0) is 20.4. The molecule has 0 spiro atoms. The molecule has 0 aliphatic carbocycles. The number of ether oxygens (including phenoxy) is 1. The number of fused-ring (bicyclic) bond motifs is 1. The number of anilines is 1. The number of esters is 1. The second-order valence-corrected chi connectivity index (χ2v) is 7.65. The summed E-state index contributed by atoms with van der Waals surface area (Å²) in [6.45, 7) is 3.82. The lowest BCUT2D eigenvalue weighted by molar-refractivity contribution is -0.141. The highest BCUT2D eigenvalue weighted by Crippen LogP contribution is 2.37. The van der Waals surface area contributed by atoms with Gasteiger partial charge in [0.25, 0.3) is 0 Å². The molecule has 1 aromatic heterocycles. The summed E-state index contributed by atoms with van der Waals surface area (Å²) < 4.78 is 5.13. The van der Waals surface area contributed by atoms with Crippen LogP contribution < -0.4 is 5.32 Å². The predicted octanol–water partition coefficient (Wildman–Crippen LogP) is 0.917. The summed E-state index contributed by atoms with van der Waals surface area (Å²) in [5.41, 5.74) is 1.06. The first kappa shape index (κ1) is 20.0. The number of amides is 4. The Morgan fingerprint density at radius 1 is 1.14 bits per heavy atom. The van der Waals surface area contributed by atoms with Crippen LogP contribution >= 0.6 is 11.3 Å². The third-order valence-corrected chi connectivity index (χ3v) is 5.82. The minimum atomic E-state index is -0.559. The fourth-order valence-electron chi connectivity index (χ4n) is 3.29. The van der Waals surface area contributed by atoms with E-state index in [-0.39, 0.29) is 49.3 Å². The Balaban J connectivity index is 1.84. The summed E-state index contributed by atoms with van der Waals surface area (Å²) in [6.07, 6.45) is 0.696. The molecule has 1 N–H and O–H groups in total. The van der Waals surface area contributed by atoms with Gasteiger partial charge in [-0.15, -0.1) is 11.3 Å². The number of hydrogen-bond donors (Lipinski definition) is 1. The zero-order valence-electron chi connectivity index (χ0n) is 15.7. The monoisotopic (exact) mass is 407 g/mol. The Morgan fingerprint density at radius 3 is 2.43 bits per heavy atom. The summed E-state index contributed by atoms with van der Waals surface area (Å²) >= 11 is 1.21. The fourth-order valence-corrected chi connectivity index (χ4v) is 4.56. The Labute approximate surface area is 165 Å². The van der Waals surface area contributed by atoms with Crippen molar-refractivity contribution in [2.75, 3.05) is 25.0 Å². The van der Waals surface area contributed by atoms with Gasteiger partial charge >= 0.3 is 5.97 Å². The van der Waals surface area contributed by atoms with Gasteiger partial charge in [-0.05, 0) is 18.9 Å². The van der Waals surface area contributed by atoms with Crippen LogP contribution in [-0.4, -0.2) is 59.1 Å². The molecule has 28 heavy (non-hydrogen) atoms. The van der Waals surface area contributed by atoms with Crippen molar-refractivity contribution in [1.82, 2.24) is 9.80 Å². The average molecular weight is 407 g/mol. The van der Waals surface area contributed by atoms with Crippen LogP contribution in [-0.2, 0) is 36.9 Å². The molecule has 1 saturated heterocycles. The summed E-state index contributed by atoms with van der Waals surface area (Å²) in [6, 6.07) is 0. The Kier molecular flexibility index (Phi) is 5.78. The van der Waals surface area contributed by atoms with Crippen LogP contribution in [0, 0.1) is 0 Å². The van der Waals surface area contributed by atoms with E-state index >= 15 is 0 Å². The van der Waals surface area contributed by atoms with Gasteiger partial charge < -0.3 is 15.0 Å². The largest absolute Gasteiger partial charge is 0.462 e. The van der Waals surface area contributed by atoms with E-state index in [0.717, 1.165) is 15.3 Å². The van der Waals surface area contributed by atoms with E-state index in [2.05, 4.69) is 5.32 Å². The lowest BCUT2D eigenvalue weighted by Crippen LogP contribution is -2.37. The summed E-state index contributed by atoms with van der Waals surface area (Å²) in [7, 11) is 0. The molecule has 9 nitrogen and oxygen atoms in total. The van der Waals surface area contributed by atoms with Gasteiger partial charge in [0.15, 0.2) is 0 Å². The topological polar surface area (TPSA) is 113 Å². The molecular weight excluding hydrogens is 386 g/mol. The van der Waals surface area contributed by atoms with Gasteiger partial charge in [-0.1, -0.05) is 0 Å². The number of rotatable bonds is 5. The van der Waals surface area contributed by atoms with Crippen LogP contribution in [0.15, 0.2) is 0 Å². The molecule has 4 amide bonds. The van der Waals surface area contributed by atoms with Crippen molar-refractivity contribution in [3.8, 4) is 0 Å². The van der Waals surface area contributed by atoms with Crippen molar-refractivity contribution < 1.29 is 28.7 Å².